The van der Waals surface area contributed by atoms with Gasteiger partial charge in [0.05, 0.1) is 15.5 Å². The van der Waals surface area contributed by atoms with Crippen molar-refractivity contribution in [1.29, 1.82) is 0 Å². The molecule has 0 unspecified atom stereocenters. The molecule has 1 amide bonds. The summed E-state index contributed by atoms with van der Waals surface area (Å²) in [6.07, 6.45) is 0. The molecule has 0 aliphatic rings. The minimum atomic E-state index is -3.90. The van der Waals surface area contributed by atoms with Crippen LogP contribution in [0.25, 0.3) is 0 Å². The van der Waals surface area contributed by atoms with Gasteiger partial charge in [0.15, 0.2) is 12.4 Å². The van der Waals surface area contributed by atoms with Crippen molar-refractivity contribution in [3.05, 3.63) is 57.9 Å². The number of benzene rings is 2. The molecule has 9 nitrogen and oxygen atoms in total. The molecule has 0 heterocycles. The van der Waals surface area contributed by atoms with Crippen LogP contribution in [0.4, 0.5) is 15.8 Å². The van der Waals surface area contributed by atoms with Crippen LogP contribution in [0.2, 0.25) is 0 Å². The van der Waals surface area contributed by atoms with Gasteiger partial charge in [0, 0.05) is 19.2 Å². The number of anilines is 1. The number of halogens is 1. The summed E-state index contributed by atoms with van der Waals surface area (Å²) in [5.74, 6) is -1.63. The van der Waals surface area contributed by atoms with E-state index in [1.165, 1.54) is 18.2 Å². The fourth-order valence-corrected chi connectivity index (χ4v) is 4.16. The van der Waals surface area contributed by atoms with Crippen LogP contribution in [0.15, 0.2) is 41.3 Å². The molecule has 0 saturated heterocycles. The smallest absolute Gasteiger partial charge is 0.312 e. The number of nitro groups is 1. The highest BCUT2D eigenvalue weighted by Crippen LogP contribution is 2.31. The number of nitrogens with one attached hydrogen (secondary N) is 1. The van der Waals surface area contributed by atoms with Crippen LogP contribution in [0.5, 0.6) is 5.75 Å². The fraction of sp³-hybridized carbons (Fsp3) is 0.316. The molecular formula is C19H22FN3O6S. The summed E-state index contributed by atoms with van der Waals surface area (Å²) in [6, 6.07) is 7.43. The second-order valence-corrected chi connectivity index (χ2v) is 8.23. The van der Waals surface area contributed by atoms with Gasteiger partial charge in [-0.2, -0.15) is 4.31 Å². The van der Waals surface area contributed by atoms with Crippen LogP contribution >= 0.6 is 0 Å². The first-order chi connectivity index (χ1) is 14.1. The number of carbonyl (C=O) groups excluding carboxylic acids is 1. The van der Waals surface area contributed by atoms with Crippen molar-refractivity contribution in [2.45, 2.75) is 25.7 Å². The number of sulfonamides is 1. The Bertz CT molecular complexity index is 1050. The molecule has 30 heavy (non-hydrogen) atoms. The topological polar surface area (TPSA) is 119 Å². The molecule has 0 saturated carbocycles. The van der Waals surface area contributed by atoms with Crippen LogP contribution in [-0.2, 0) is 14.8 Å². The van der Waals surface area contributed by atoms with Gasteiger partial charge >= 0.3 is 5.69 Å². The minimum absolute atomic E-state index is 0.0515. The number of hydrogen-bond acceptors (Lipinski definition) is 6. The zero-order valence-corrected chi connectivity index (χ0v) is 17.5. The van der Waals surface area contributed by atoms with Crippen molar-refractivity contribution in [3.63, 3.8) is 0 Å². The van der Waals surface area contributed by atoms with Gasteiger partial charge in [-0.05, 0) is 36.8 Å². The van der Waals surface area contributed by atoms with Gasteiger partial charge in [-0.25, -0.2) is 12.8 Å². The zero-order chi connectivity index (χ0) is 22.5. The third kappa shape index (κ3) is 5.30. The van der Waals surface area contributed by atoms with Crippen molar-refractivity contribution >= 4 is 27.3 Å². The van der Waals surface area contributed by atoms with E-state index in [4.69, 9.17) is 4.74 Å². The van der Waals surface area contributed by atoms with E-state index in [2.05, 4.69) is 5.32 Å². The third-order valence-corrected chi connectivity index (χ3v) is 6.27. The SMILES string of the molecule is CCN(CC)S(=O)(=O)c1ccc(OCC(=O)Nc2ccc(C)cc2F)c([N+](=O)[O-])c1. The lowest BCUT2D eigenvalue weighted by molar-refractivity contribution is -0.386. The Morgan fingerprint density at radius 2 is 1.87 bits per heavy atom. The average Bonchev–Trinajstić information content (AvgIpc) is 2.69. The Balaban J connectivity index is 2.19. The maximum Gasteiger partial charge on any atom is 0.312 e. The molecule has 0 radical (unpaired) electrons. The number of ether oxygens (including phenoxy) is 1. The Morgan fingerprint density at radius 1 is 1.20 bits per heavy atom. The van der Waals surface area contributed by atoms with Gasteiger partial charge in [-0.15, -0.1) is 0 Å². The van der Waals surface area contributed by atoms with Crippen molar-refractivity contribution in [1.82, 2.24) is 4.31 Å². The highest BCUT2D eigenvalue weighted by atomic mass is 32.2. The van der Waals surface area contributed by atoms with Gasteiger partial charge in [-0.1, -0.05) is 19.9 Å². The fourth-order valence-electron chi connectivity index (χ4n) is 2.69. The first-order valence-electron chi connectivity index (χ1n) is 9.07. The normalized spacial score (nSPS) is 11.4. The molecule has 0 spiro atoms. The van der Waals surface area contributed by atoms with Gasteiger partial charge in [0.1, 0.15) is 5.82 Å². The Hall–Kier alpha value is -3.05. The molecular weight excluding hydrogens is 417 g/mol. The maximum atomic E-state index is 13.8. The second kappa shape index (κ2) is 9.63. The number of carbonyl (C=O) groups is 1. The summed E-state index contributed by atoms with van der Waals surface area (Å²) < 4.78 is 45.3. The molecule has 2 rings (SSSR count). The maximum absolute atomic E-state index is 13.8. The lowest BCUT2D eigenvalue weighted by Gasteiger charge is -2.18. The van der Waals surface area contributed by atoms with E-state index in [0.717, 1.165) is 16.4 Å². The number of nitrogens with zero attached hydrogens (tertiary/aromatic N) is 2. The van der Waals surface area contributed by atoms with Crippen molar-refractivity contribution < 1.29 is 27.3 Å². The third-order valence-electron chi connectivity index (χ3n) is 4.23. The number of nitro benzene ring substituents is 1. The van der Waals surface area contributed by atoms with E-state index in [1.54, 1.807) is 26.8 Å². The van der Waals surface area contributed by atoms with E-state index >= 15 is 0 Å². The summed E-state index contributed by atoms with van der Waals surface area (Å²) >= 11 is 0. The number of hydrogen-bond donors (Lipinski definition) is 1. The van der Waals surface area contributed by atoms with Crippen LogP contribution in [0, 0.1) is 22.9 Å². The molecule has 2 aromatic carbocycles. The molecule has 0 aliphatic carbocycles. The van der Waals surface area contributed by atoms with Crippen molar-refractivity contribution in [2.24, 2.45) is 0 Å². The number of aryl methyl sites for hydroxylation is 1. The van der Waals surface area contributed by atoms with Crippen LogP contribution in [-0.4, -0.2) is 43.2 Å². The molecule has 1 N–H and O–H groups in total. The lowest BCUT2D eigenvalue weighted by atomic mass is 10.2. The van der Waals surface area contributed by atoms with Gasteiger partial charge < -0.3 is 10.1 Å². The van der Waals surface area contributed by atoms with E-state index in [1.807, 2.05) is 0 Å². The molecule has 0 aromatic heterocycles. The number of rotatable bonds is 9. The Morgan fingerprint density at radius 3 is 2.43 bits per heavy atom. The van der Waals surface area contributed by atoms with Crippen molar-refractivity contribution in [2.75, 3.05) is 25.0 Å². The summed E-state index contributed by atoms with van der Waals surface area (Å²) in [4.78, 5) is 22.4. The highest BCUT2D eigenvalue weighted by Gasteiger charge is 2.26. The molecule has 11 heteroatoms. The minimum Gasteiger partial charge on any atom is -0.477 e. The molecule has 0 fully saturated rings. The predicted molar refractivity (Wildman–Crippen MR) is 108 cm³/mol. The molecule has 2 aromatic rings. The zero-order valence-electron chi connectivity index (χ0n) is 16.7. The predicted octanol–water partition coefficient (Wildman–Crippen LogP) is 3.09. The molecule has 0 bridgehead atoms. The van der Waals surface area contributed by atoms with Gasteiger partial charge in [-0.3, -0.25) is 14.9 Å². The quantitative estimate of drug-likeness (QED) is 0.474. The van der Waals surface area contributed by atoms with Crippen LogP contribution in [0.1, 0.15) is 19.4 Å². The average molecular weight is 439 g/mol. The first kappa shape index (κ1) is 23.2. The van der Waals surface area contributed by atoms with Crippen molar-refractivity contribution in [3.8, 4) is 5.75 Å². The lowest BCUT2D eigenvalue weighted by Crippen LogP contribution is -2.30. The van der Waals surface area contributed by atoms with E-state index in [0.29, 0.717) is 5.56 Å². The Kier molecular flexibility index (Phi) is 7.46. The molecule has 0 atom stereocenters. The summed E-state index contributed by atoms with van der Waals surface area (Å²) in [5, 5.41) is 13.7. The van der Waals surface area contributed by atoms with Gasteiger partial charge in [0.25, 0.3) is 5.91 Å². The van der Waals surface area contributed by atoms with E-state index in [9.17, 15) is 27.7 Å². The standard InChI is InChI=1S/C19H22FN3O6S/c1-4-22(5-2)30(27,28)14-7-9-18(17(11-14)23(25)26)29-12-19(24)21-16-8-6-13(3)10-15(16)20/h6-11H,4-5,12H2,1-3H3,(H,21,24). The second-order valence-electron chi connectivity index (χ2n) is 6.30. The monoisotopic (exact) mass is 439 g/mol. The molecule has 162 valence electrons. The van der Waals surface area contributed by atoms with Gasteiger partial charge in [0.2, 0.25) is 10.0 Å². The summed E-state index contributed by atoms with van der Waals surface area (Å²) in [5.41, 5.74) is 0.0269. The Labute approximate surface area is 173 Å². The van der Waals surface area contributed by atoms with Crippen LogP contribution < -0.4 is 10.1 Å². The first-order valence-corrected chi connectivity index (χ1v) is 10.5. The largest absolute Gasteiger partial charge is 0.477 e. The number of amides is 1. The molecule has 0 aliphatic heterocycles. The summed E-state index contributed by atoms with van der Waals surface area (Å²) in [6.45, 7) is 4.80. The summed E-state index contributed by atoms with van der Waals surface area (Å²) in [7, 11) is -3.90. The van der Waals surface area contributed by atoms with E-state index < -0.39 is 39.0 Å². The van der Waals surface area contributed by atoms with Crippen LogP contribution in [0.3, 0.4) is 0 Å². The highest BCUT2D eigenvalue weighted by molar-refractivity contribution is 7.89. The van der Waals surface area contributed by atoms with E-state index in [-0.39, 0.29) is 29.4 Å².